The average molecular weight is 660 g/mol. The number of nitrogens with zero attached hydrogens (tertiary/aromatic N) is 2. The molecule has 0 fully saturated rings. The van der Waals surface area contributed by atoms with Crippen molar-refractivity contribution in [1.82, 2.24) is 5.32 Å². The van der Waals surface area contributed by atoms with Gasteiger partial charge in [-0.2, -0.15) is 0 Å². The van der Waals surface area contributed by atoms with Crippen LogP contribution in [0.15, 0.2) is 111 Å². The zero-order valence-electron chi connectivity index (χ0n) is 21.4. The number of anilines is 2. The molecule has 3 amide bonds. The fourth-order valence-corrected chi connectivity index (χ4v) is 5.65. The number of Topliss-reactive ketones (excluding diaryl/α,β-unsaturated/α-hetero) is 1. The predicted octanol–water partition coefficient (Wildman–Crippen LogP) is 6.73. The van der Waals surface area contributed by atoms with E-state index in [1.54, 1.807) is 36.4 Å². The molecule has 0 radical (unpaired) electrons. The molecule has 5 rings (SSSR count). The van der Waals surface area contributed by atoms with Gasteiger partial charge < -0.3 is 15.5 Å². The lowest BCUT2D eigenvalue weighted by molar-refractivity contribution is -0.120. The molecular weight excluding hydrogens is 636 g/mol. The van der Waals surface area contributed by atoms with E-state index >= 15 is 0 Å². The molecule has 7 nitrogen and oxygen atoms in total. The standard InChI is InChI=1S/C31H24Br2N4O3/c1-19-9-5-6-12-22(19)27(38)18-37-26-14-8-7-13-23(26)28(20-10-3-2-4-11-20)35-29(30(37)39)36-31(40)34-25-16-15-21(32)17-24(25)33/h2-17,29H,18H2,1H3,(H2,34,36,40). The van der Waals surface area contributed by atoms with Crippen LogP contribution in [-0.4, -0.2) is 36.1 Å². The Morgan fingerprint density at radius 2 is 1.60 bits per heavy atom. The van der Waals surface area contributed by atoms with Gasteiger partial charge in [-0.1, -0.05) is 88.7 Å². The number of halogens is 2. The summed E-state index contributed by atoms with van der Waals surface area (Å²) < 4.78 is 1.50. The number of carbonyl (C=O) groups excluding carboxylic acids is 3. The maximum atomic E-state index is 14.0. The van der Waals surface area contributed by atoms with Gasteiger partial charge in [0.15, 0.2) is 5.78 Å². The number of hydrogen-bond acceptors (Lipinski definition) is 4. The molecule has 0 saturated carbocycles. The first-order chi connectivity index (χ1) is 19.3. The first-order valence-corrected chi connectivity index (χ1v) is 14.1. The number of benzodiazepines with no additional fused rings is 1. The van der Waals surface area contributed by atoms with Crippen LogP contribution < -0.4 is 15.5 Å². The van der Waals surface area contributed by atoms with Crippen LogP contribution >= 0.6 is 31.9 Å². The molecule has 1 aliphatic rings. The highest BCUT2D eigenvalue weighted by Crippen LogP contribution is 2.29. The summed E-state index contributed by atoms with van der Waals surface area (Å²) in [5.74, 6) is -0.739. The fourth-order valence-electron chi connectivity index (χ4n) is 4.50. The number of ketones is 1. The highest BCUT2D eigenvalue weighted by atomic mass is 79.9. The highest BCUT2D eigenvalue weighted by Gasteiger charge is 2.34. The molecule has 1 heterocycles. The van der Waals surface area contributed by atoms with Gasteiger partial charge in [-0.15, -0.1) is 0 Å². The SMILES string of the molecule is Cc1ccccc1C(=O)CN1C(=O)C(NC(=O)Nc2ccc(Br)cc2Br)N=C(c2ccccc2)c2ccccc21. The van der Waals surface area contributed by atoms with Gasteiger partial charge in [-0.05, 0) is 52.7 Å². The lowest BCUT2D eigenvalue weighted by atomic mass is 9.99. The molecule has 1 atom stereocenters. The smallest absolute Gasteiger partial charge is 0.308 e. The third-order valence-electron chi connectivity index (χ3n) is 6.45. The van der Waals surface area contributed by atoms with Gasteiger partial charge in [-0.25, -0.2) is 9.79 Å². The molecule has 40 heavy (non-hydrogen) atoms. The Balaban J connectivity index is 1.54. The Hall–Kier alpha value is -4.08. The van der Waals surface area contributed by atoms with Gasteiger partial charge in [0, 0.05) is 25.6 Å². The summed E-state index contributed by atoms with van der Waals surface area (Å²) in [6.07, 6.45) is -1.29. The average Bonchev–Trinajstić information content (AvgIpc) is 3.06. The number of amides is 3. The van der Waals surface area contributed by atoms with Crippen LogP contribution in [0.25, 0.3) is 0 Å². The van der Waals surface area contributed by atoms with Crippen molar-refractivity contribution in [3.8, 4) is 0 Å². The third-order valence-corrected chi connectivity index (χ3v) is 7.60. The molecule has 0 spiro atoms. The molecule has 0 saturated heterocycles. The van der Waals surface area contributed by atoms with Crippen LogP contribution in [0.3, 0.4) is 0 Å². The maximum absolute atomic E-state index is 14.0. The third kappa shape index (κ3) is 5.90. The molecule has 0 aromatic heterocycles. The van der Waals surface area contributed by atoms with E-state index in [4.69, 9.17) is 4.99 Å². The van der Waals surface area contributed by atoms with E-state index in [9.17, 15) is 14.4 Å². The Morgan fingerprint density at radius 3 is 2.35 bits per heavy atom. The summed E-state index contributed by atoms with van der Waals surface area (Å²) in [6, 6.07) is 28.7. The van der Waals surface area contributed by atoms with Crippen LogP contribution in [0.4, 0.5) is 16.2 Å². The minimum absolute atomic E-state index is 0.212. The van der Waals surface area contributed by atoms with Crippen LogP contribution in [0.2, 0.25) is 0 Å². The quantitative estimate of drug-likeness (QED) is 0.225. The van der Waals surface area contributed by atoms with E-state index in [1.165, 1.54) is 4.90 Å². The van der Waals surface area contributed by atoms with Gasteiger partial charge >= 0.3 is 6.03 Å². The van der Waals surface area contributed by atoms with Crippen molar-refractivity contribution in [3.05, 3.63) is 128 Å². The topological polar surface area (TPSA) is 90.9 Å². The van der Waals surface area contributed by atoms with Gasteiger partial charge in [0.25, 0.3) is 5.91 Å². The molecule has 1 unspecified atom stereocenters. The van der Waals surface area contributed by atoms with Gasteiger partial charge in [0.2, 0.25) is 6.17 Å². The fraction of sp³-hybridized carbons (Fsp3) is 0.0968. The van der Waals surface area contributed by atoms with Crippen LogP contribution in [0.5, 0.6) is 0 Å². The van der Waals surface area contributed by atoms with Gasteiger partial charge in [0.05, 0.1) is 23.6 Å². The molecule has 0 bridgehead atoms. The van der Waals surface area contributed by atoms with Crippen molar-refractivity contribution in [3.63, 3.8) is 0 Å². The second-order valence-corrected chi connectivity index (χ2v) is 10.9. The number of nitrogens with one attached hydrogen (secondary N) is 2. The second-order valence-electron chi connectivity index (χ2n) is 9.15. The van der Waals surface area contributed by atoms with E-state index < -0.39 is 18.1 Å². The van der Waals surface area contributed by atoms with Crippen LogP contribution in [0, 0.1) is 6.92 Å². The number of rotatable bonds is 6. The maximum Gasteiger partial charge on any atom is 0.321 e. The summed E-state index contributed by atoms with van der Waals surface area (Å²) in [5, 5.41) is 5.48. The van der Waals surface area contributed by atoms with Crippen molar-refractivity contribution >= 4 is 66.7 Å². The molecular formula is C31H24Br2N4O3. The number of carbonyl (C=O) groups is 3. The number of urea groups is 1. The summed E-state index contributed by atoms with van der Waals surface area (Å²) in [4.78, 5) is 46.8. The first kappa shape index (κ1) is 27.5. The zero-order valence-corrected chi connectivity index (χ0v) is 24.6. The molecule has 9 heteroatoms. The molecule has 4 aromatic carbocycles. The largest absolute Gasteiger partial charge is 0.321 e. The minimum Gasteiger partial charge on any atom is -0.308 e. The minimum atomic E-state index is -1.29. The van der Waals surface area contributed by atoms with E-state index in [2.05, 4.69) is 42.5 Å². The predicted molar refractivity (Wildman–Crippen MR) is 164 cm³/mol. The van der Waals surface area contributed by atoms with Crippen molar-refractivity contribution in [1.29, 1.82) is 0 Å². The number of aryl methyl sites for hydroxylation is 1. The van der Waals surface area contributed by atoms with E-state index in [0.717, 1.165) is 15.6 Å². The number of para-hydroxylation sites is 1. The normalized spacial score (nSPS) is 14.6. The van der Waals surface area contributed by atoms with Gasteiger partial charge in [0.1, 0.15) is 0 Å². The zero-order chi connectivity index (χ0) is 28.2. The summed E-state index contributed by atoms with van der Waals surface area (Å²) >= 11 is 6.83. The van der Waals surface area contributed by atoms with E-state index in [1.807, 2.05) is 67.6 Å². The Labute approximate surface area is 248 Å². The van der Waals surface area contributed by atoms with Gasteiger partial charge in [-0.3, -0.25) is 9.59 Å². The summed E-state index contributed by atoms with van der Waals surface area (Å²) in [7, 11) is 0. The Kier molecular flexibility index (Phi) is 8.23. The first-order valence-electron chi connectivity index (χ1n) is 12.5. The van der Waals surface area contributed by atoms with E-state index in [-0.39, 0.29) is 12.3 Å². The molecule has 0 aliphatic carbocycles. The van der Waals surface area contributed by atoms with Crippen molar-refractivity contribution < 1.29 is 14.4 Å². The molecule has 4 aromatic rings. The Morgan fingerprint density at radius 1 is 0.900 bits per heavy atom. The highest BCUT2D eigenvalue weighted by molar-refractivity contribution is 9.11. The monoisotopic (exact) mass is 658 g/mol. The number of benzene rings is 4. The van der Waals surface area contributed by atoms with E-state index in [0.29, 0.717) is 32.7 Å². The van der Waals surface area contributed by atoms with Crippen LogP contribution in [-0.2, 0) is 4.79 Å². The summed E-state index contributed by atoms with van der Waals surface area (Å²) in [5.41, 5.74) is 4.39. The lowest BCUT2D eigenvalue weighted by Crippen LogP contribution is -2.50. The summed E-state index contributed by atoms with van der Waals surface area (Å²) in [6.45, 7) is 1.65. The molecule has 1 aliphatic heterocycles. The second kappa shape index (κ2) is 12.0. The number of fused-ring (bicyclic) bond motifs is 1. The van der Waals surface area contributed by atoms with Crippen molar-refractivity contribution in [2.45, 2.75) is 13.1 Å². The van der Waals surface area contributed by atoms with Crippen LogP contribution in [0.1, 0.15) is 27.0 Å². The number of hydrogen-bond donors (Lipinski definition) is 2. The van der Waals surface area contributed by atoms with Crippen molar-refractivity contribution in [2.24, 2.45) is 4.99 Å². The number of aliphatic imine (C=N–C) groups is 1. The molecule has 200 valence electrons. The Bertz CT molecular complexity index is 1640. The lowest BCUT2D eigenvalue weighted by Gasteiger charge is -2.25. The van der Waals surface area contributed by atoms with Crippen molar-refractivity contribution in [2.75, 3.05) is 16.8 Å². The molecule has 2 N–H and O–H groups in total.